The van der Waals surface area contributed by atoms with E-state index in [-0.39, 0.29) is 0 Å². The summed E-state index contributed by atoms with van der Waals surface area (Å²) in [7, 11) is 1.54. The van der Waals surface area contributed by atoms with Gasteiger partial charge in [-0.1, -0.05) is 11.6 Å². The molecule has 0 aliphatic rings. The molecule has 21 heavy (non-hydrogen) atoms. The minimum absolute atomic E-state index is 0.300. The number of carbonyl (C=O) groups excluding carboxylic acids is 1. The lowest BCUT2D eigenvalue weighted by Crippen LogP contribution is -2.43. The predicted octanol–water partition coefficient (Wildman–Crippen LogP) is 2.95. The van der Waals surface area contributed by atoms with E-state index in [0.717, 1.165) is 3.57 Å². The zero-order chi connectivity index (χ0) is 15.8. The van der Waals surface area contributed by atoms with Crippen LogP contribution in [0.5, 0.6) is 0 Å². The number of rotatable bonds is 7. The molecule has 1 rings (SSSR count). The van der Waals surface area contributed by atoms with E-state index in [1.54, 1.807) is 25.3 Å². The van der Waals surface area contributed by atoms with Crippen molar-refractivity contribution in [1.29, 1.82) is 0 Å². The number of carboxylic acids is 1. The van der Waals surface area contributed by atoms with Crippen LogP contribution < -0.4 is 10.6 Å². The van der Waals surface area contributed by atoms with Crippen LogP contribution in [-0.2, 0) is 9.53 Å². The molecule has 0 bridgehead atoms. The summed E-state index contributed by atoms with van der Waals surface area (Å²) in [6.45, 7) is 0.447. The van der Waals surface area contributed by atoms with E-state index >= 15 is 0 Å². The Bertz CT molecular complexity index is 513. The smallest absolute Gasteiger partial charge is 0.326 e. The van der Waals surface area contributed by atoms with Gasteiger partial charge in [0.1, 0.15) is 6.04 Å². The van der Waals surface area contributed by atoms with Crippen LogP contribution in [0.3, 0.4) is 0 Å². The molecule has 0 saturated carbocycles. The number of hydrogen-bond donors (Lipinski definition) is 3. The average Bonchev–Trinajstić information content (AvgIpc) is 2.41. The first kappa shape index (κ1) is 18.0. The fourth-order valence-corrected chi connectivity index (χ4v) is 2.60. The fourth-order valence-electron chi connectivity index (χ4n) is 1.60. The van der Waals surface area contributed by atoms with Crippen molar-refractivity contribution in [3.63, 3.8) is 0 Å². The van der Waals surface area contributed by atoms with Gasteiger partial charge in [0.15, 0.2) is 0 Å². The molecular formula is C13H16ClIN2O4. The number of halogens is 2. The summed E-state index contributed by atoms with van der Waals surface area (Å²) in [6.07, 6.45) is 0.848. The molecule has 6 nitrogen and oxygen atoms in total. The van der Waals surface area contributed by atoms with Crippen LogP contribution >= 0.6 is 34.2 Å². The van der Waals surface area contributed by atoms with E-state index in [0.29, 0.717) is 30.2 Å². The molecule has 0 radical (unpaired) electrons. The van der Waals surface area contributed by atoms with E-state index in [9.17, 15) is 9.59 Å². The highest BCUT2D eigenvalue weighted by Gasteiger charge is 2.19. The second-order valence-corrected chi connectivity index (χ2v) is 5.85. The molecule has 1 unspecified atom stereocenters. The Kier molecular flexibility index (Phi) is 7.76. The maximum Gasteiger partial charge on any atom is 0.326 e. The molecule has 0 aromatic heterocycles. The van der Waals surface area contributed by atoms with Crippen molar-refractivity contribution in [2.24, 2.45) is 0 Å². The third-order valence-corrected chi connectivity index (χ3v) is 3.75. The van der Waals surface area contributed by atoms with Gasteiger partial charge in [-0.3, -0.25) is 0 Å². The number of anilines is 1. The van der Waals surface area contributed by atoms with Gasteiger partial charge < -0.3 is 20.5 Å². The third kappa shape index (κ3) is 6.49. The predicted molar refractivity (Wildman–Crippen MR) is 88.9 cm³/mol. The van der Waals surface area contributed by atoms with Crippen molar-refractivity contribution in [2.45, 2.75) is 18.9 Å². The number of carboxylic acid groups (broad SMARTS) is 1. The second-order valence-electron chi connectivity index (χ2n) is 4.25. The van der Waals surface area contributed by atoms with Crippen LogP contribution in [0.1, 0.15) is 12.8 Å². The molecule has 1 aromatic rings. The van der Waals surface area contributed by atoms with Crippen LogP contribution in [0, 0.1) is 3.57 Å². The maximum absolute atomic E-state index is 11.8. The summed E-state index contributed by atoms with van der Waals surface area (Å²) < 4.78 is 5.63. The zero-order valence-electron chi connectivity index (χ0n) is 11.4. The summed E-state index contributed by atoms with van der Waals surface area (Å²) in [5.74, 6) is -1.08. The molecule has 0 fully saturated rings. The summed E-state index contributed by atoms with van der Waals surface area (Å²) in [6, 6.07) is 3.48. The molecule has 0 aliphatic heterocycles. The lowest BCUT2D eigenvalue weighted by atomic mass is 10.1. The summed E-state index contributed by atoms with van der Waals surface area (Å²) in [5.41, 5.74) is 0.568. The minimum Gasteiger partial charge on any atom is -0.480 e. The largest absolute Gasteiger partial charge is 0.480 e. The molecule has 116 valence electrons. The first-order valence-electron chi connectivity index (χ1n) is 6.18. The van der Waals surface area contributed by atoms with Gasteiger partial charge in [-0.15, -0.1) is 0 Å². The molecular weight excluding hydrogens is 411 g/mol. The molecule has 1 aromatic carbocycles. The Hall–Kier alpha value is -1.06. The standard InChI is InChI=1S/C13H16ClIN2O4/c1-21-6-2-3-11(12(18)19)17-13(20)16-10-5-4-8(14)7-9(10)15/h4-5,7,11H,2-3,6H2,1H3,(H,18,19)(H2,16,17,20). The Morgan fingerprint density at radius 3 is 2.76 bits per heavy atom. The molecule has 8 heteroatoms. The van der Waals surface area contributed by atoms with E-state index in [2.05, 4.69) is 10.6 Å². The number of nitrogens with one attached hydrogen (secondary N) is 2. The summed E-state index contributed by atoms with van der Waals surface area (Å²) in [5, 5.41) is 14.7. The lowest BCUT2D eigenvalue weighted by Gasteiger charge is -2.15. The van der Waals surface area contributed by atoms with Gasteiger partial charge in [-0.2, -0.15) is 0 Å². The first-order valence-corrected chi connectivity index (χ1v) is 7.64. The molecule has 3 N–H and O–H groups in total. The van der Waals surface area contributed by atoms with Crippen LogP contribution in [-0.4, -0.2) is 36.9 Å². The van der Waals surface area contributed by atoms with Crippen LogP contribution in [0.2, 0.25) is 5.02 Å². The number of hydrogen-bond acceptors (Lipinski definition) is 3. The topological polar surface area (TPSA) is 87.7 Å². The number of aliphatic carboxylic acids is 1. The SMILES string of the molecule is COCCCC(NC(=O)Nc1ccc(Cl)cc1I)C(=O)O. The fraction of sp³-hybridized carbons (Fsp3) is 0.385. The minimum atomic E-state index is -1.08. The lowest BCUT2D eigenvalue weighted by molar-refractivity contribution is -0.139. The Morgan fingerprint density at radius 2 is 2.19 bits per heavy atom. The quantitative estimate of drug-likeness (QED) is 0.462. The Morgan fingerprint density at radius 1 is 1.48 bits per heavy atom. The van der Waals surface area contributed by atoms with Crippen LogP contribution in [0.25, 0.3) is 0 Å². The monoisotopic (exact) mass is 426 g/mol. The van der Waals surface area contributed by atoms with E-state index < -0.39 is 18.0 Å². The van der Waals surface area contributed by atoms with Crippen LogP contribution in [0.4, 0.5) is 10.5 Å². The highest BCUT2D eigenvalue weighted by molar-refractivity contribution is 14.1. The Balaban J connectivity index is 2.59. The van der Waals surface area contributed by atoms with Gasteiger partial charge in [0.2, 0.25) is 0 Å². The summed E-state index contributed by atoms with van der Waals surface area (Å²) in [4.78, 5) is 22.9. The Labute approximate surface area is 141 Å². The number of carbonyl (C=O) groups is 2. The highest BCUT2D eigenvalue weighted by Crippen LogP contribution is 2.22. The summed E-state index contributed by atoms with van der Waals surface area (Å²) >= 11 is 7.86. The molecule has 0 saturated heterocycles. The first-order chi connectivity index (χ1) is 9.93. The molecule has 0 spiro atoms. The van der Waals surface area contributed by atoms with E-state index in [1.165, 1.54) is 0 Å². The number of benzene rings is 1. The number of ether oxygens (including phenoxy) is 1. The van der Waals surface area contributed by atoms with Gasteiger partial charge >= 0.3 is 12.0 Å². The molecule has 2 amide bonds. The van der Waals surface area contributed by atoms with Crippen molar-refractivity contribution in [2.75, 3.05) is 19.0 Å². The third-order valence-electron chi connectivity index (χ3n) is 2.62. The normalized spacial score (nSPS) is 11.8. The molecule has 0 aliphatic carbocycles. The number of urea groups is 1. The number of amides is 2. The zero-order valence-corrected chi connectivity index (χ0v) is 14.3. The molecule has 0 heterocycles. The van der Waals surface area contributed by atoms with E-state index in [4.69, 9.17) is 21.4 Å². The van der Waals surface area contributed by atoms with Gasteiger partial charge in [-0.05, 0) is 53.6 Å². The van der Waals surface area contributed by atoms with Gasteiger partial charge in [0.05, 0.1) is 5.69 Å². The van der Waals surface area contributed by atoms with Gasteiger partial charge in [0, 0.05) is 22.3 Å². The maximum atomic E-state index is 11.8. The second kappa shape index (κ2) is 9.06. The van der Waals surface area contributed by atoms with Crippen molar-refractivity contribution in [1.82, 2.24) is 5.32 Å². The molecule has 1 atom stereocenters. The van der Waals surface area contributed by atoms with Crippen molar-refractivity contribution in [3.05, 3.63) is 26.8 Å². The number of methoxy groups -OCH3 is 1. The average molecular weight is 427 g/mol. The van der Waals surface area contributed by atoms with Gasteiger partial charge in [-0.25, -0.2) is 9.59 Å². The van der Waals surface area contributed by atoms with Crippen molar-refractivity contribution < 1.29 is 19.4 Å². The highest BCUT2D eigenvalue weighted by atomic mass is 127. The van der Waals surface area contributed by atoms with Crippen molar-refractivity contribution in [3.8, 4) is 0 Å². The van der Waals surface area contributed by atoms with Gasteiger partial charge in [0.25, 0.3) is 0 Å². The van der Waals surface area contributed by atoms with E-state index in [1.807, 2.05) is 22.6 Å². The van der Waals surface area contributed by atoms with Crippen molar-refractivity contribution >= 4 is 51.9 Å². The van der Waals surface area contributed by atoms with Crippen LogP contribution in [0.15, 0.2) is 18.2 Å².